The Kier molecular flexibility index (Phi) is 3.55. The molecule has 0 spiro atoms. The van der Waals surface area contributed by atoms with Gasteiger partial charge in [0.15, 0.2) is 0 Å². The van der Waals surface area contributed by atoms with Crippen molar-refractivity contribution in [1.29, 1.82) is 5.26 Å². The van der Waals surface area contributed by atoms with Crippen molar-refractivity contribution in [1.82, 2.24) is 9.78 Å². The van der Waals surface area contributed by atoms with Crippen LogP contribution in [0.2, 0.25) is 0 Å². The predicted octanol–water partition coefficient (Wildman–Crippen LogP) is 0.0897. The number of aryl methyl sites for hydroxylation is 1. The zero-order chi connectivity index (χ0) is 14.0. The molecule has 2 rings (SSSR count). The summed E-state index contributed by atoms with van der Waals surface area (Å²) in [6, 6.07) is 3.70. The third-order valence-corrected chi connectivity index (χ3v) is 2.99. The van der Waals surface area contributed by atoms with E-state index in [2.05, 4.69) is 11.2 Å². The van der Waals surface area contributed by atoms with Gasteiger partial charge in [-0.3, -0.25) is 4.68 Å². The van der Waals surface area contributed by atoms with E-state index in [4.69, 9.17) is 21.9 Å². The first-order valence-corrected chi connectivity index (χ1v) is 5.87. The molecule has 1 aromatic carbocycles. The fourth-order valence-corrected chi connectivity index (χ4v) is 2.10. The molecule has 0 amide bonds. The molecule has 0 bridgehead atoms. The molecule has 0 unspecified atom stereocenters. The highest BCUT2D eigenvalue weighted by atomic mass is 16.3. The predicted molar refractivity (Wildman–Crippen MR) is 73.1 cm³/mol. The monoisotopic (exact) mass is 260 g/mol. The van der Waals surface area contributed by atoms with E-state index >= 15 is 0 Å². The standard InChI is InChI=1S/C12H16N6O/c1-17-11-9(7-16-17)8(6-13)5-10(14)12(11)18(15)3-2-4-19/h5,7,19H,2-4,14-15H2,1H3. The van der Waals surface area contributed by atoms with Crippen LogP contribution in [0.5, 0.6) is 0 Å². The number of rotatable bonds is 4. The zero-order valence-corrected chi connectivity index (χ0v) is 10.7. The second-order valence-electron chi connectivity index (χ2n) is 4.27. The first kappa shape index (κ1) is 13.1. The highest BCUT2D eigenvalue weighted by Gasteiger charge is 2.17. The van der Waals surface area contributed by atoms with Crippen LogP contribution in [0.25, 0.3) is 10.9 Å². The van der Waals surface area contributed by atoms with Gasteiger partial charge in [0.2, 0.25) is 0 Å². The summed E-state index contributed by atoms with van der Waals surface area (Å²) >= 11 is 0. The van der Waals surface area contributed by atoms with Gasteiger partial charge in [0.1, 0.15) is 5.69 Å². The molecule has 0 radical (unpaired) electrons. The van der Waals surface area contributed by atoms with Gasteiger partial charge in [-0.25, -0.2) is 5.84 Å². The normalized spacial score (nSPS) is 10.6. The Balaban J connectivity index is 2.63. The molecule has 0 aliphatic rings. The number of hydrogen-bond acceptors (Lipinski definition) is 6. The van der Waals surface area contributed by atoms with E-state index in [1.54, 1.807) is 24.0 Å². The fraction of sp³-hybridized carbons (Fsp3) is 0.333. The number of fused-ring (bicyclic) bond motifs is 1. The van der Waals surface area contributed by atoms with E-state index in [-0.39, 0.29) is 6.61 Å². The number of nitriles is 1. The smallest absolute Gasteiger partial charge is 0.101 e. The van der Waals surface area contributed by atoms with E-state index in [0.29, 0.717) is 35.3 Å². The van der Waals surface area contributed by atoms with E-state index in [1.807, 2.05) is 0 Å². The van der Waals surface area contributed by atoms with Crippen molar-refractivity contribution in [2.45, 2.75) is 6.42 Å². The first-order valence-electron chi connectivity index (χ1n) is 5.87. The maximum absolute atomic E-state index is 9.12. The second-order valence-corrected chi connectivity index (χ2v) is 4.27. The minimum absolute atomic E-state index is 0.0540. The number of nitrogens with zero attached hydrogens (tertiary/aromatic N) is 4. The number of aliphatic hydroxyl groups is 1. The summed E-state index contributed by atoms with van der Waals surface area (Å²) in [6.45, 7) is 0.519. The van der Waals surface area contributed by atoms with E-state index in [0.717, 1.165) is 5.52 Å². The lowest BCUT2D eigenvalue weighted by atomic mass is 10.1. The van der Waals surface area contributed by atoms with Gasteiger partial charge < -0.3 is 15.8 Å². The summed E-state index contributed by atoms with van der Waals surface area (Å²) in [6.07, 6.45) is 2.16. The number of anilines is 2. The molecule has 1 aromatic heterocycles. The molecular weight excluding hydrogens is 244 g/mol. The molecule has 0 aliphatic heterocycles. The largest absolute Gasteiger partial charge is 0.397 e. The van der Waals surface area contributed by atoms with Gasteiger partial charge in [-0.15, -0.1) is 0 Å². The van der Waals surface area contributed by atoms with Crippen LogP contribution in [0.15, 0.2) is 12.3 Å². The van der Waals surface area contributed by atoms with Crippen molar-refractivity contribution in [3.8, 4) is 6.07 Å². The first-order chi connectivity index (χ1) is 9.10. The minimum Gasteiger partial charge on any atom is -0.397 e. The average Bonchev–Trinajstić information content (AvgIpc) is 2.77. The molecule has 0 aliphatic carbocycles. The van der Waals surface area contributed by atoms with Crippen LogP contribution in [0.3, 0.4) is 0 Å². The van der Waals surface area contributed by atoms with Crippen LogP contribution < -0.4 is 16.6 Å². The van der Waals surface area contributed by atoms with Crippen LogP contribution in [0, 0.1) is 11.3 Å². The third-order valence-electron chi connectivity index (χ3n) is 2.99. The van der Waals surface area contributed by atoms with Gasteiger partial charge in [-0.05, 0) is 12.5 Å². The number of hydrazine groups is 1. The number of nitrogens with two attached hydrogens (primary N) is 2. The summed E-state index contributed by atoms with van der Waals surface area (Å²) in [5, 5.41) is 24.3. The van der Waals surface area contributed by atoms with Crippen molar-refractivity contribution in [2.24, 2.45) is 12.9 Å². The highest BCUT2D eigenvalue weighted by molar-refractivity contribution is 6.00. The fourth-order valence-electron chi connectivity index (χ4n) is 2.10. The Hall–Kier alpha value is -2.30. The lowest BCUT2D eigenvalue weighted by Gasteiger charge is -2.21. The summed E-state index contributed by atoms with van der Waals surface area (Å²) in [5.41, 5.74) is 8.23. The second kappa shape index (κ2) is 5.14. The summed E-state index contributed by atoms with van der Waals surface area (Å²) < 4.78 is 1.64. The van der Waals surface area contributed by atoms with Gasteiger partial charge in [0, 0.05) is 25.6 Å². The maximum atomic E-state index is 9.12. The van der Waals surface area contributed by atoms with Gasteiger partial charge >= 0.3 is 0 Å². The quantitative estimate of drug-likeness (QED) is 0.407. The van der Waals surface area contributed by atoms with Crippen molar-refractivity contribution < 1.29 is 5.11 Å². The highest BCUT2D eigenvalue weighted by Crippen LogP contribution is 2.33. The van der Waals surface area contributed by atoms with E-state index in [1.165, 1.54) is 5.01 Å². The minimum atomic E-state index is 0.0540. The average molecular weight is 260 g/mol. The van der Waals surface area contributed by atoms with Crippen molar-refractivity contribution >= 4 is 22.3 Å². The van der Waals surface area contributed by atoms with Gasteiger partial charge in [0.25, 0.3) is 0 Å². The van der Waals surface area contributed by atoms with E-state index in [9.17, 15) is 0 Å². The van der Waals surface area contributed by atoms with Crippen LogP contribution in [0.4, 0.5) is 11.4 Å². The van der Waals surface area contributed by atoms with Crippen LogP contribution in [-0.4, -0.2) is 28.0 Å². The van der Waals surface area contributed by atoms with Gasteiger partial charge in [0.05, 0.1) is 29.0 Å². The number of aliphatic hydroxyl groups excluding tert-OH is 1. The van der Waals surface area contributed by atoms with Crippen LogP contribution in [0.1, 0.15) is 12.0 Å². The maximum Gasteiger partial charge on any atom is 0.101 e. The Morgan fingerprint density at radius 1 is 1.58 bits per heavy atom. The number of hydrogen-bond donors (Lipinski definition) is 3. The molecule has 7 nitrogen and oxygen atoms in total. The molecule has 7 heteroatoms. The lowest BCUT2D eigenvalue weighted by molar-refractivity contribution is 0.289. The zero-order valence-electron chi connectivity index (χ0n) is 10.7. The Morgan fingerprint density at radius 2 is 2.32 bits per heavy atom. The molecular formula is C12H16N6O. The Bertz CT molecular complexity index is 642. The summed E-state index contributed by atoms with van der Waals surface area (Å²) in [5.74, 6) is 5.99. The molecule has 0 saturated carbocycles. The molecule has 100 valence electrons. The third kappa shape index (κ3) is 2.19. The van der Waals surface area contributed by atoms with Crippen LogP contribution in [-0.2, 0) is 7.05 Å². The topological polar surface area (TPSA) is 117 Å². The molecule has 19 heavy (non-hydrogen) atoms. The molecule has 5 N–H and O–H groups in total. The number of aromatic nitrogens is 2. The Labute approximate surface area is 110 Å². The van der Waals surface area contributed by atoms with Gasteiger partial charge in [-0.2, -0.15) is 10.4 Å². The molecule has 0 fully saturated rings. The number of nitrogen functional groups attached to an aromatic ring is 1. The lowest BCUT2D eigenvalue weighted by Crippen LogP contribution is -2.33. The van der Waals surface area contributed by atoms with E-state index < -0.39 is 0 Å². The van der Waals surface area contributed by atoms with Crippen molar-refractivity contribution in [3.05, 3.63) is 17.8 Å². The van der Waals surface area contributed by atoms with Crippen molar-refractivity contribution in [3.63, 3.8) is 0 Å². The van der Waals surface area contributed by atoms with Crippen molar-refractivity contribution in [2.75, 3.05) is 23.9 Å². The summed E-state index contributed by atoms with van der Waals surface area (Å²) in [4.78, 5) is 0. The molecule has 2 aromatic rings. The SMILES string of the molecule is Cn1ncc2c(C#N)cc(N)c(N(N)CCCO)c21. The summed E-state index contributed by atoms with van der Waals surface area (Å²) in [7, 11) is 1.77. The number of benzene rings is 1. The molecule has 0 saturated heterocycles. The molecule has 0 atom stereocenters. The Morgan fingerprint density at radius 3 is 2.95 bits per heavy atom. The van der Waals surface area contributed by atoms with Gasteiger partial charge in [-0.1, -0.05) is 0 Å². The molecule has 1 heterocycles. The van der Waals surface area contributed by atoms with Crippen LogP contribution >= 0.6 is 0 Å².